The first kappa shape index (κ1) is 14.8. The van der Waals surface area contributed by atoms with Crippen molar-refractivity contribution in [2.45, 2.75) is 38.3 Å². The highest BCUT2D eigenvalue weighted by molar-refractivity contribution is 5.80. The van der Waals surface area contributed by atoms with Crippen molar-refractivity contribution in [3.63, 3.8) is 0 Å². The van der Waals surface area contributed by atoms with Gasteiger partial charge in [0.2, 0.25) is 5.91 Å². The minimum Gasteiger partial charge on any atom is -0.480 e. The fraction of sp³-hybridized carbons (Fsp3) is 0.867. The molecule has 0 spiro atoms. The van der Waals surface area contributed by atoms with Crippen LogP contribution in [0, 0.1) is 11.8 Å². The van der Waals surface area contributed by atoms with Crippen molar-refractivity contribution in [2.75, 3.05) is 32.8 Å². The molecule has 118 valence electrons. The second-order valence-corrected chi connectivity index (χ2v) is 6.59. The SMILES string of the molecule is CC1CN(C(=O)CN2CC3CCCC3C2C(=O)O)CCO1. The quantitative estimate of drug-likeness (QED) is 0.817. The highest BCUT2D eigenvalue weighted by atomic mass is 16.5. The highest BCUT2D eigenvalue weighted by Crippen LogP contribution is 2.42. The number of morpholine rings is 1. The molecule has 4 atom stereocenters. The lowest BCUT2D eigenvalue weighted by molar-refractivity contribution is -0.146. The van der Waals surface area contributed by atoms with Crippen LogP contribution in [0.5, 0.6) is 0 Å². The lowest BCUT2D eigenvalue weighted by Gasteiger charge is -2.33. The fourth-order valence-corrected chi connectivity index (χ4v) is 4.21. The molecule has 2 heterocycles. The number of likely N-dealkylation sites (tertiary alicyclic amines) is 1. The van der Waals surface area contributed by atoms with E-state index in [0.717, 1.165) is 25.8 Å². The zero-order chi connectivity index (χ0) is 15.0. The summed E-state index contributed by atoms with van der Waals surface area (Å²) in [6.07, 6.45) is 3.28. The van der Waals surface area contributed by atoms with Crippen LogP contribution in [0.15, 0.2) is 0 Å². The molecular weight excluding hydrogens is 272 g/mol. The molecule has 0 aromatic carbocycles. The Labute approximate surface area is 125 Å². The first-order valence-electron chi connectivity index (χ1n) is 7.92. The Morgan fingerprint density at radius 1 is 1.29 bits per heavy atom. The van der Waals surface area contributed by atoms with Crippen LogP contribution in [0.25, 0.3) is 0 Å². The van der Waals surface area contributed by atoms with Gasteiger partial charge in [0.1, 0.15) is 6.04 Å². The van der Waals surface area contributed by atoms with Crippen molar-refractivity contribution in [1.82, 2.24) is 9.80 Å². The average molecular weight is 296 g/mol. The Morgan fingerprint density at radius 2 is 2.10 bits per heavy atom. The van der Waals surface area contributed by atoms with Crippen LogP contribution in [0.2, 0.25) is 0 Å². The van der Waals surface area contributed by atoms with Gasteiger partial charge in [0.15, 0.2) is 0 Å². The number of hydrogen-bond donors (Lipinski definition) is 1. The van der Waals surface area contributed by atoms with Crippen molar-refractivity contribution in [1.29, 1.82) is 0 Å². The number of fused-ring (bicyclic) bond motifs is 1. The predicted molar refractivity (Wildman–Crippen MR) is 75.8 cm³/mol. The topological polar surface area (TPSA) is 70.1 Å². The van der Waals surface area contributed by atoms with E-state index in [1.165, 1.54) is 0 Å². The number of carboxylic acid groups (broad SMARTS) is 1. The van der Waals surface area contributed by atoms with E-state index in [4.69, 9.17) is 4.74 Å². The summed E-state index contributed by atoms with van der Waals surface area (Å²) in [5.41, 5.74) is 0. The molecule has 6 nitrogen and oxygen atoms in total. The van der Waals surface area contributed by atoms with E-state index in [0.29, 0.717) is 25.6 Å². The van der Waals surface area contributed by atoms with Gasteiger partial charge in [-0.3, -0.25) is 14.5 Å². The van der Waals surface area contributed by atoms with Crippen molar-refractivity contribution in [3.05, 3.63) is 0 Å². The summed E-state index contributed by atoms with van der Waals surface area (Å²) >= 11 is 0. The number of nitrogens with zero attached hydrogens (tertiary/aromatic N) is 2. The lowest BCUT2D eigenvalue weighted by Crippen LogP contribution is -2.50. The molecule has 2 aliphatic heterocycles. The van der Waals surface area contributed by atoms with E-state index in [-0.39, 0.29) is 24.5 Å². The van der Waals surface area contributed by atoms with Gasteiger partial charge >= 0.3 is 5.97 Å². The first-order valence-corrected chi connectivity index (χ1v) is 7.92. The zero-order valence-electron chi connectivity index (χ0n) is 12.5. The Morgan fingerprint density at radius 3 is 2.81 bits per heavy atom. The third-order valence-electron chi connectivity index (χ3n) is 5.17. The molecule has 1 aliphatic carbocycles. The van der Waals surface area contributed by atoms with Crippen LogP contribution in [0.1, 0.15) is 26.2 Å². The smallest absolute Gasteiger partial charge is 0.321 e. The second-order valence-electron chi connectivity index (χ2n) is 6.59. The summed E-state index contributed by atoms with van der Waals surface area (Å²) in [4.78, 5) is 27.7. The van der Waals surface area contributed by atoms with Gasteiger partial charge < -0.3 is 14.7 Å². The molecule has 0 aromatic heterocycles. The number of carbonyl (C=O) groups is 2. The van der Waals surface area contributed by atoms with Crippen LogP contribution in [0.4, 0.5) is 0 Å². The molecule has 4 unspecified atom stereocenters. The van der Waals surface area contributed by atoms with Crippen LogP contribution in [0.3, 0.4) is 0 Å². The standard InChI is InChI=1S/C15H24N2O4/c1-10-7-16(5-6-21-10)13(18)9-17-8-11-3-2-4-12(11)14(17)15(19)20/h10-12,14H,2-9H2,1H3,(H,19,20). The van der Waals surface area contributed by atoms with Crippen LogP contribution in [-0.2, 0) is 14.3 Å². The number of aliphatic carboxylic acids is 1. The van der Waals surface area contributed by atoms with E-state index in [1.807, 2.05) is 11.8 Å². The minimum absolute atomic E-state index is 0.0383. The maximum absolute atomic E-state index is 12.4. The Hall–Kier alpha value is -1.14. The second kappa shape index (κ2) is 5.93. The normalized spacial score (nSPS) is 36.7. The maximum Gasteiger partial charge on any atom is 0.321 e. The van der Waals surface area contributed by atoms with E-state index in [1.54, 1.807) is 4.90 Å². The van der Waals surface area contributed by atoms with E-state index in [2.05, 4.69) is 0 Å². The molecule has 3 fully saturated rings. The van der Waals surface area contributed by atoms with Gasteiger partial charge in [-0.25, -0.2) is 0 Å². The van der Waals surface area contributed by atoms with Gasteiger partial charge in [-0.05, 0) is 31.6 Å². The number of carboxylic acids is 1. The molecule has 0 aromatic rings. The number of ether oxygens (including phenoxy) is 1. The van der Waals surface area contributed by atoms with Gasteiger partial charge in [-0.1, -0.05) is 6.42 Å². The van der Waals surface area contributed by atoms with Gasteiger partial charge in [-0.15, -0.1) is 0 Å². The molecule has 2 saturated heterocycles. The minimum atomic E-state index is -0.771. The Kier molecular flexibility index (Phi) is 4.17. The Bertz CT molecular complexity index is 428. The number of rotatable bonds is 3. The largest absolute Gasteiger partial charge is 0.480 e. The van der Waals surface area contributed by atoms with Crippen LogP contribution < -0.4 is 0 Å². The third kappa shape index (κ3) is 2.92. The number of hydrogen-bond acceptors (Lipinski definition) is 4. The molecule has 1 N–H and O–H groups in total. The van der Waals surface area contributed by atoms with Gasteiger partial charge in [0.05, 0.1) is 19.3 Å². The van der Waals surface area contributed by atoms with Crippen molar-refractivity contribution in [2.24, 2.45) is 11.8 Å². The molecule has 1 saturated carbocycles. The van der Waals surface area contributed by atoms with E-state index >= 15 is 0 Å². The molecule has 3 aliphatic rings. The summed E-state index contributed by atoms with van der Waals surface area (Å²) in [5.74, 6) is -0.0367. The van der Waals surface area contributed by atoms with Crippen molar-refractivity contribution in [3.8, 4) is 0 Å². The molecule has 21 heavy (non-hydrogen) atoms. The summed E-state index contributed by atoms with van der Waals surface area (Å²) in [5, 5.41) is 9.51. The molecule has 6 heteroatoms. The molecule has 0 bridgehead atoms. The molecule has 3 rings (SSSR count). The van der Waals surface area contributed by atoms with E-state index in [9.17, 15) is 14.7 Å². The van der Waals surface area contributed by atoms with Crippen LogP contribution in [-0.4, -0.2) is 71.7 Å². The lowest BCUT2D eigenvalue weighted by atomic mass is 9.94. The molecular formula is C15H24N2O4. The Balaban J connectivity index is 1.63. The van der Waals surface area contributed by atoms with Gasteiger partial charge in [-0.2, -0.15) is 0 Å². The number of amides is 1. The molecule has 0 radical (unpaired) electrons. The summed E-state index contributed by atoms with van der Waals surface area (Å²) in [6.45, 7) is 4.74. The summed E-state index contributed by atoms with van der Waals surface area (Å²) < 4.78 is 5.45. The fourth-order valence-electron chi connectivity index (χ4n) is 4.21. The number of carbonyl (C=O) groups excluding carboxylic acids is 1. The summed E-state index contributed by atoms with van der Waals surface area (Å²) in [6, 6.07) is -0.472. The maximum atomic E-state index is 12.4. The van der Waals surface area contributed by atoms with Crippen molar-refractivity contribution >= 4 is 11.9 Å². The monoisotopic (exact) mass is 296 g/mol. The average Bonchev–Trinajstić information content (AvgIpc) is 2.98. The van der Waals surface area contributed by atoms with Crippen molar-refractivity contribution < 1.29 is 19.4 Å². The summed E-state index contributed by atoms with van der Waals surface area (Å²) in [7, 11) is 0. The zero-order valence-corrected chi connectivity index (χ0v) is 12.5. The first-order chi connectivity index (χ1) is 10.1. The van der Waals surface area contributed by atoms with Gasteiger partial charge in [0.25, 0.3) is 0 Å². The van der Waals surface area contributed by atoms with Gasteiger partial charge in [0, 0.05) is 19.6 Å². The van der Waals surface area contributed by atoms with Crippen LogP contribution >= 0.6 is 0 Å². The highest BCUT2D eigenvalue weighted by Gasteiger charge is 2.48. The third-order valence-corrected chi connectivity index (χ3v) is 5.17. The predicted octanol–water partition coefficient (Wildman–Crippen LogP) is 0.419. The van der Waals surface area contributed by atoms with E-state index < -0.39 is 12.0 Å². The molecule has 1 amide bonds.